The summed E-state index contributed by atoms with van der Waals surface area (Å²) in [6.07, 6.45) is 0. The highest BCUT2D eigenvalue weighted by atomic mass is 15.1. The Bertz CT molecular complexity index is 2960. The molecule has 2 aliphatic carbocycles. The van der Waals surface area contributed by atoms with Gasteiger partial charge in [0.1, 0.15) is 0 Å². The normalized spacial score (nSPS) is 13.9. The molecule has 0 bridgehead atoms. The lowest BCUT2D eigenvalue weighted by Crippen LogP contribution is -2.28. The Morgan fingerprint density at radius 2 is 0.797 bits per heavy atom. The topological polar surface area (TPSA) is 3.24 Å². The molecule has 0 fully saturated rings. The number of hydrogen-bond donors (Lipinski definition) is 0. The van der Waals surface area contributed by atoms with E-state index in [1.54, 1.807) is 0 Å². The number of hydrogen-bond acceptors (Lipinski definition) is 1. The minimum Gasteiger partial charge on any atom is -0.309 e. The second kappa shape index (κ2) is 13.7. The van der Waals surface area contributed by atoms with Crippen molar-refractivity contribution in [2.75, 3.05) is 4.90 Å². The van der Waals surface area contributed by atoms with E-state index in [1.165, 1.54) is 77.9 Å². The molecular formula is C58H43N. The summed E-state index contributed by atoms with van der Waals surface area (Å²) in [7, 11) is 0. The first-order chi connectivity index (χ1) is 29.1. The molecule has 0 atom stereocenters. The van der Waals surface area contributed by atoms with Crippen LogP contribution in [0.2, 0.25) is 0 Å². The van der Waals surface area contributed by atoms with Crippen molar-refractivity contribution in [2.45, 2.75) is 24.7 Å². The van der Waals surface area contributed by atoms with Crippen LogP contribution in [0.1, 0.15) is 47.2 Å². The van der Waals surface area contributed by atoms with Crippen LogP contribution in [-0.4, -0.2) is 0 Å². The van der Waals surface area contributed by atoms with Crippen LogP contribution in [0.25, 0.3) is 44.5 Å². The van der Waals surface area contributed by atoms with Gasteiger partial charge in [0.2, 0.25) is 0 Å². The molecule has 0 heterocycles. The van der Waals surface area contributed by atoms with Gasteiger partial charge in [-0.05, 0) is 91.0 Å². The number of nitrogens with zero attached hydrogens (tertiary/aromatic N) is 1. The Kier molecular flexibility index (Phi) is 8.13. The predicted octanol–water partition coefficient (Wildman–Crippen LogP) is 15.2. The zero-order valence-corrected chi connectivity index (χ0v) is 33.3. The standard InChI is InChI=1S/C58H43N/c1-57(2)49-32-17-15-29-46(49)47-38-37-44(39-52(47)57)59(53-35-19-31-45(40-21-7-3-8-22-40)55(53)41-23-9-4-10-24-41)54-36-20-34-51-56(54)48-30-16-18-33-50(48)58(51,42-25-11-5-12-26-42)43-27-13-6-14-28-43/h3-39H,1-2H3. The molecule has 59 heavy (non-hydrogen) atoms. The third kappa shape index (κ3) is 5.25. The summed E-state index contributed by atoms with van der Waals surface area (Å²) in [5.74, 6) is 0. The Labute approximate surface area is 347 Å². The van der Waals surface area contributed by atoms with Crippen molar-refractivity contribution in [3.63, 3.8) is 0 Å². The molecule has 1 heteroatoms. The van der Waals surface area contributed by atoms with Crippen molar-refractivity contribution in [3.05, 3.63) is 258 Å². The van der Waals surface area contributed by atoms with Gasteiger partial charge in [0.15, 0.2) is 0 Å². The number of fused-ring (bicyclic) bond motifs is 6. The second-order valence-electron chi connectivity index (χ2n) is 16.4. The maximum Gasteiger partial charge on any atom is 0.0714 e. The highest BCUT2D eigenvalue weighted by Gasteiger charge is 2.47. The molecule has 0 amide bonds. The molecule has 0 aliphatic heterocycles. The summed E-state index contributed by atoms with van der Waals surface area (Å²) in [5.41, 5.74) is 20.5. The molecule has 9 aromatic rings. The smallest absolute Gasteiger partial charge is 0.0714 e. The molecule has 0 saturated carbocycles. The first kappa shape index (κ1) is 35.0. The monoisotopic (exact) mass is 753 g/mol. The molecule has 0 spiro atoms. The van der Waals surface area contributed by atoms with E-state index >= 15 is 0 Å². The third-order valence-corrected chi connectivity index (χ3v) is 13.0. The molecule has 1 nitrogen and oxygen atoms in total. The van der Waals surface area contributed by atoms with Crippen LogP contribution in [0.3, 0.4) is 0 Å². The Morgan fingerprint density at radius 1 is 0.322 bits per heavy atom. The second-order valence-corrected chi connectivity index (χ2v) is 16.4. The number of anilines is 3. The van der Waals surface area contributed by atoms with Crippen LogP contribution < -0.4 is 4.90 Å². The summed E-state index contributed by atoms with van der Waals surface area (Å²) in [5, 5.41) is 0. The quantitative estimate of drug-likeness (QED) is 0.157. The summed E-state index contributed by atoms with van der Waals surface area (Å²) in [4.78, 5) is 2.57. The summed E-state index contributed by atoms with van der Waals surface area (Å²) >= 11 is 0. The maximum atomic E-state index is 2.57. The van der Waals surface area contributed by atoms with Crippen LogP contribution in [0.15, 0.2) is 224 Å². The average molecular weight is 754 g/mol. The van der Waals surface area contributed by atoms with E-state index in [2.05, 4.69) is 243 Å². The van der Waals surface area contributed by atoms with Gasteiger partial charge in [0.05, 0.1) is 16.8 Å². The Morgan fingerprint density at radius 3 is 1.46 bits per heavy atom. The van der Waals surface area contributed by atoms with Gasteiger partial charge < -0.3 is 4.90 Å². The molecule has 0 aromatic heterocycles. The van der Waals surface area contributed by atoms with E-state index in [0.29, 0.717) is 0 Å². The molecule has 11 rings (SSSR count). The zero-order valence-electron chi connectivity index (χ0n) is 33.3. The molecule has 280 valence electrons. The summed E-state index contributed by atoms with van der Waals surface area (Å²) < 4.78 is 0. The minimum absolute atomic E-state index is 0.164. The SMILES string of the molecule is CC1(C)c2ccccc2-c2ccc(N(c3cccc(-c4ccccc4)c3-c3ccccc3)c3cccc4c3-c3ccccc3C4(c3ccccc3)c3ccccc3)cc21. The lowest BCUT2D eigenvalue weighted by atomic mass is 9.68. The average Bonchev–Trinajstić information content (AvgIpc) is 3.74. The molecule has 0 N–H and O–H groups in total. The molecule has 2 aliphatic rings. The van der Waals surface area contributed by atoms with Gasteiger partial charge in [-0.1, -0.05) is 214 Å². The van der Waals surface area contributed by atoms with Gasteiger partial charge in [-0.15, -0.1) is 0 Å². The van der Waals surface area contributed by atoms with Crippen molar-refractivity contribution >= 4 is 17.1 Å². The van der Waals surface area contributed by atoms with E-state index in [9.17, 15) is 0 Å². The van der Waals surface area contributed by atoms with Crippen LogP contribution in [-0.2, 0) is 10.8 Å². The van der Waals surface area contributed by atoms with Gasteiger partial charge in [-0.25, -0.2) is 0 Å². The predicted molar refractivity (Wildman–Crippen MR) is 247 cm³/mol. The fourth-order valence-corrected chi connectivity index (χ4v) is 10.4. The van der Waals surface area contributed by atoms with Crippen molar-refractivity contribution in [1.29, 1.82) is 0 Å². The molecule has 9 aromatic carbocycles. The molecule has 0 saturated heterocycles. The van der Waals surface area contributed by atoms with Gasteiger partial charge >= 0.3 is 0 Å². The lowest BCUT2D eigenvalue weighted by molar-refractivity contribution is 0.660. The molecular weight excluding hydrogens is 711 g/mol. The van der Waals surface area contributed by atoms with E-state index < -0.39 is 5.41 Å². The first-order valence-electron chi connectivity index (χ1n) is 20.7. The Balaban J connectivity index is 1.26. The van der Waals surface area contributed by atoms with Gasteiger partial charge in [-0.3, -0.25) is 0 Å². The summed E-state index contributed by atoms with van der Waals surface area (Å²) in [6.45, 7) is 4.75. The van der Waals surface area contributed by atoms with Crippen molar-refractivity contribution in [2.24, 2.45) is 0 Å². The van der Waals surface area contributed by atoms with Crippen molar-refractivity contribution < 1.29 is 0 Å². The van der Waals surface area contributed by atoms with Gasteiger partial charge in [-0.2, -0.15) is 0 Å². The fraction of sp³-hybridized carbons (Fsp3) is 0.0690. The lowest BCUT2D eigenvalue weighted by Gasteiger charge is -2.35. The zero-order chi connectivity index (χ0) is 39.6. The summed E-state index contributed by atoms with van der Waals surface area (Å²) in [6, 6.07) is 83.1. The first-order valence-corrected chi connectivity index (χ1v) is 20.7. The fourth-order valence-electron chi connectivity index (χ4n) is 10.4. The van der Waals surface area contributed by atoms with E-state index in [1.807, 2.05) is 0 Å². The maximum absolute atomic E-state index is 2.57. The van der Waals surface area contributed by atoms with E-state index in [0.717, 1.165) is 17.1 Å². The van der Waals surface area contributed by atoms with Crippen molar-refractivity contribution in [1.82, 2.24) is 0 Å². The molecule has 0 radical (unpaired) electrons. The van der Waals surface area contributed by atoms with Crippen LogP contribution in [0, 0.1) is 0 Å². The van der Waals surface area contributed by atoms with Gasteiger partial charge in [0.25, 0.3) is 0 Å². The van der Waals surface area contributed by atoms with Crippen LogP contribution in [0.4, 0.5) is 17.1 Å². The van der Waals surface area contributed by atoms with Crippen LogP contribution >= 0.6 is 0 Å². The molecule has 0 unspecified atom stereocenters. The number of benzene rings is 9. The Hall–Kier alpha value is -7.22. The number of rotatable bonds is 7. The van der Waals surface area contributed by atoms with E-state index in [4.69, 9.17) is 0 Å². The minimum atomic E-state index is -0.522. The van der Waals surface area contributed by atoms with Crippen LogP contribution in [0.5, 0.6) is 0 Å². The van der Waals surface area contributed by atoms with Crippen molar-refractivity contribution in [3.8, 4) is 44.5 Å². The van der Waals surface area contributed by atoms with Gasteiger partial charge in [0, 0.05) is 22.2 Å². The highest BCUT2D eigenvalue weighted by molar-refractivity contribution is 6.02. The highest BCUT2D eigenvalue weighted by Crippen LogP contribution is 2.60. The van der Waals surface area contributed by atoms with E-state index in [-0.39, 0.29) is 5.41 Å². The third-order valence-electron chi connectivity index (χ3n) is 13.0. The largest absolute Gasteiger partial charge is 0.309 e.